The number of pyridine rings is 1. The van der Waals surface area contributed by atoms with Gasteiger partial charge >= 0.3 is 0 Å². The molecule has 0 atom stereocenters. The van der Waals surface area contributed by atoms with Crippen molar-refractivity contribution in [2.24, 2.45) is 5.73 Å². The van der Waals surface area contributed by atoms with Crippen molar-refractivity contribution in [2.75, 3.05) is 18.0 Å². The molecule has 174 valence electrons. The molecule has 1 aliphatic rings. The van der Waals surface area contributed by atoms with Gasteiger partial charge in [-0.15, -0.1) is 24.8 Å². The van der Waals surface area contributed by atoms with Crippen LogP contribution in [-0.4, -0.2) is 39.2 Å². The summed E-state index contributed by atoms with van der Waals surface area (Å²) in [4.78, 5) is 25.7. The average Bonchev–Trinajstić information content (AvgIpc) is 3.23. The summed E-state index contributed by atoms with van der Waals surface area (Å²) in [6.45, 7) is 1.86. The first-order valence-electron chi connectivity index (χ1n) is 10.5. The molecule has 0 saturated carbocycles. The van der Waals surface area contributed by atoms with Gasteiger partial charge in [0, 0.05) is 31.0 Å². The van der Waals surface area contributed by atoms with Crippen LogP contribution in [0.5, 0.6) is 0 Å². The van der Waals surface area contributed by atoms with E-state index in [2.05, 4.69) is 27.0 Å². The minimum atomic E-state index is -0.202. The number of nitrogens with two attached hydrogens (primary N) is 1. The molecule has 1 saturated heterocycles. The molecular weight excluding hydrogens is 461 g/mol. The summed E-state index contributed by atoms with van der Waals surface area (Å²) in [6.07, 6.45) is 3.66. The molecule has 0 aliphatic carbocycles. The number of nitrogens with one attached hydrogen (secondary N) is 2. The van der Waals surface area contributed by atoms with Gasteiger partial charge in [0.1, 0.15) is 5.82 Å². The second-order valence-corrected chi connectivity index (χ2v) is 8.10. The topological polar surface area (TPSA) is 111 Å². The molecule has 0 amide bonds. The Morgan fingerprint density at radius 2 is 1.85 bits per heavy atom. The molecule has 0 unspecified atom stereocenters. The van der Waals surface area contributed by atoms with E-state index in [9.17, 15) is 9.90 Å². The second-order valence-electron chi connectivity index (χ2n) is 8.10. The molecule has 4 aromatic rings. The summed E-state index contributed by atoms with van der Waals surface area (Å²) in [5.41, 5.74) is 11.7. The van der Waals surface area contributed by atoms with Crippen LogP contribution in [-0.2, 0) is 6.61 Å². The molecule has 5 N–H and O–H groups in total. The van der Waals surface area contributed by atoms with Crippen LogP contribution in [0.4, 0.5) is 5.69 Å². The van der Waals surface area contributed by atoms with Crippen LogP contribution in [0.25, 0.3) is 33.5 Å². The zero-order valence-corrected chi connectivity index (χ0v) is 19.6. The maximum atomic E-state index is 12.6. The monoisotopic (exact) mass is 487 g/mol. The summed E-state index contributed by atoms with van der Waals surface area (Å²) in [7, 11) is 0. The maximum Gasteiger partial charge on any atom is 0.259 e. The molecule has 5 rings (SSSR count). The molecule has 2 aromatic carbocycles. The molecule has 1 aliphatic heterocycles. The third-order valence-corrected chi connectivity index (χ3v) is 5.97. The number of imidazole rings is 1. The van der Waals surface area contributed by atoms with Gasteiger partial charge in [-0.3, -0.25) is 4.79 Å². The fourth-order valence-electron chi connectivity index (χ4n) is 4.15. The SMILES string of the molecule is Cl.Cl.NC1CCN(c2ccc3[nH]c(-c4cc(-c5cccc(CO)c5)c[nH]c4=O)nc3c2)CC1. The molecule has 33 heavy (non-hydrogen) atoms. The fraction of sp³-hybridized carbons (Fsp3) is 0.250. The van der Waals surface area contributed by atoms with Crippen LogP contribution in [0, 0.1) is 0 Å². The van der Waals surface area contributed by atoms with Gasteiger partial charge in [-0.25, -0.2) is 4.98 Å². The number of aliphatic hydroxyl groups excluding tert-OH is 1. The van der Waals surface area contributed by atoms with Crippen molar-refractivity contribution in [3.63, 3.8) is 0 Å². The number of anilines is 1. The van der Waals surface area contributed by atoms with Gasteiger partial charge in [0.25, 0.3) is 5.56 Å². The first-order chi connectivity index (χ1) is 15.1. The van der Waals surface area contributed by atoms with E-state index in [0.29, 0.717) is 11.4 Å². The molecule has 0 spiro atoms. The summed E-state index contributed by atoms with van der Waals surface area (Å²) >= 11 is 0. The highest BCUT2D eigenvalue weighted by Gasteiger charge is 2.18. The molecule has 9 heteroatoms. The minimum Gasteiger partial charge on any atom is -0.392 e. The first-order valence-corrected chi connectivity index (χ1v) is 10.5. The standard InChI is InChI=1S/C24H25N5O2.2ClH/c25-18-6-8-29(9-7-18)19-4-5-21-22(12-19)28-23(27-21)20-11-17(13-26-24(20)31)16-3-1-2-15(10-16)14-30;;/h1-5,10-13,18,30H,6-9,14,25H2,(H,26,31)(H,27,28);2*1H. The lowest BCUT2D eigenvalue weighted by atomic mass is 10.0. The van der Waals surface area contributed by atoms with E-state index in [4.69, 9.17) is 10.7 Å². The lowest BCUT2D eigenvalue weighted by Crippen LogP contribution is -2.39. The van der Waals surface area contributed by atoms with Crippen molar-refractivity contribution < 1.29 is 5.11 Å². The average molecular weight is 488 g/mol. The Morgan fingerprint density at radius 3 is 2.61 bits per heavy atom. The Hall–Kier alpha value is -2.84. The molecule has 2 aromatic heterocycles. The number of piperidine rings is 1. The van der Waals surface area contributed by atoms with Crippen molar-refractivity contribution in [1.29, 1.82) is 0 Å². The van der Waals surface area contributed by atoms with Crippen LogP contribution in [0.15, 0.2) is 59.5 Å². The van der Waals surface area contributed by atoms with E-state index in [1.165, 1.54) is 0 Å². The van der Waals surface area contributed by atoms with E-state index in [-0.39, 0.29) is 43.0 Å². The third kappa shape index (κ3) is 5.07. The lowest BCUT2D eigenvalue weighted by molar-refractivity contribution is 0.282. The van der Waals surface area contributed by atoms with Gasteiger partial charge in [0.2, 0.25) is 0 Å². The quantitative estimate of drug-likeness (QED) is 0.349. The van der Waals surface area contributed by atoms with Crippen molar-refractivity contribution in [3.05, 3.63) is 70.6 Å². The van der Waals surface area contributed by atoms with Crippen molar-refractivity contribution in [2.45, 2.75) is 25.5 Å². The number of hydrogen-bond acceptors (Lipinski definition) is 5. The molecule has 0 bridgehead atoms. The Labute approximate surface area is 203 Å². The summed E-state index contributed by atoms with van der Waals surface area (Å²) < 4.78 is 0. The normalized spacial score (nSPS) is 14.1. The first kappa shape index (κ1) is 24.8. The molecule has 7 nitrogen and oxygen atoms in total. The number of aromatic amines is 2. The van der Waals surface area contributed by atoms with Crippen LogP contribution < -0.4 is 16.2 Å². The van der Waals surface area contributed by atoms with E-state index in [1.54, 1.807) is 6.20 Å². The van der Waals surface area contributed by atoms with Crippen molar-refractivity contribution >= 4 is 41.5 Å². The Balaban J connectivity index is 0.00000153. The Morgan fingerprint density at radius 1 is 1.06 bits per heavy atom. The van der Waals surface area contributed by atoms with Gasteiger partial charge in [0.05, 0.1) is 23.2 Å². The number of benzene rings is 2. The van der Waals surface area contributed by atoms with Gasteiger partial charge in [-0.05, 0) is 59.9 Å². The highest BCUT2D eigenvalue weighted by atomic mass is 35.5. The third-order valence-electron chi connectivity index (χ3n) is 5.97. The number of nitrogens with zero attached hydrogens (tertiary/aromatic N) is 2. The highest BCUT2D eigenvalue weighted by molar-refractivity contribution is 5.86. The van der Waals surface area contributed by atoms with E-state index >= 15 is 0 Å². The number of hydrogen-bond donors (Lipinski definition) is 4. The number of H-pyrrole nitrogens is 2. The fourth-order valence-corrected chi connectivity index (χ4v) is 4.15. The summed E-state index contributed by atoms with van der Waals surface area (Å²) in [6, 6.07) is 15.9. The number of aliphatic hydroxyl groups is 1. The number of fused-ring (bicyclic) bond motifs is 1. The number of aromatic nitrogens is 3. The van der Waals surface area contributed by atoms with E-state index < -0.39 is 0 Å². The number of halogens is 2. The van der Waals surface area contributed by atoms with Gasteiger partial charge in [0.15, 0.2) is 0 Å². The van der Waals surface area contributed by atoms with Gasteiger partial charge in [-0.1, -0.05) is 18.2 Å². The highest BCUT2D eigenvalue weighted by Crippen LogP contribution is 2.27. The maximum absolute atomic E-state index is 12.6. The molecule has 3 heterocycles. The molecule has 1 fully saturated rings. The van der Waals surface area contributed by atoms with Gasteiger partial charge in [-0.2, -0.15) is 0 Å². The Kier molecular flexibility index (Phi) is 7.81. The number of rotatable bonds is 4. The zero-order valence-electron chi connectivity index (χ0n) is 18.0. The van der Waals surface area contributed by atoms with E-state index in [0.717, 1.165) is 59.3 Å². The summed E-state index contributed by atoms with van der Waals surface area (Å²) in [5, 5.41) is 9.41. The van der Waals surface area contributed by atoms with Crippen molar-refractivity contribution in [1.82, 2.24) is 15.0 Å². The van der Waals surface area contributed by atoms with Crippen LogP contribution in [0.1, 0.15) is 18.4 Å². The van der Waals surface area contributed by atoms with Crippen LogP contribution in [0.2, 0.25) is 0 Å². The molecular formula is C24H27Cl2N5O2. The predicted octanol–water partition coefficient (Wildman–Crippen LogP) is 3.85. The van der Waals surface area contributed by atoms with Crippen LogP contribution >= 0.6 is 24.8 Å². The Bertz CT molecular complexity index is 1300. The molecule has 0 radical (unpaired) electrons. The second kappa shape index (κ2) is 10.4. The van der Waals surface area contributed by atoms with E-state index in [1.807, 2.05) is 36.4 Å². The van der Waals surface area contributed by atoms with Crippen molar-refractivity contribution in [3.8, 4) is 22.5 Å². The lowest BCUT2D eigenvalue weighted by Gasteiger charge is -2.31. The summed E-state index contributed by atoms with van der Waals surface area (Å²) in [5.74, 6) is 0.536. The minimum absolute atomic E-state index is 0. The predicted molar refractivity (Wildman–Crippen MR) is 137 cm³/mol. The largest absolute Gasteiger partial charge is 0.392 e. The zero-order chi connectivity index (χ0) is 21.4. The van der Waals surface area contributed by atoms with Gasteiger partial charge < -0.3 is 25.7 Å². The smallest absolute Gasteiger partial charge is 0.259 e. The van der Waals surface area contributed by atoms with Crippen LogP contribution in [0.3, 0.4) is 0 Å².